The number of anilines is 1. The van der Waals surface area contributed by atoms with Gasteiger partial charge in [-0.3, -0.25) is 0 Å². The van der Waals surface area contributed by atoms with Crippen LogP contribution in [0.1, 0.15) is 18.9 Å². The summed E-state index contributed by atoms with van der Waals surface area (Å²) < 4.78 is 74.1. The highest BCUT2D eigenvalue weighted by Crippen LogP contribution is 2.32. The van der Waals surface area contributed by atoms with Crippen molar-refractivity contribution >= 4 is 5.82 Å². The first-order chi connectivity index (χ1) is 17.7. The molecule has 0 unspecified atom stereocenters. The lowest BCUT2D eigenvalue weighted by molar-refractivity contribution is -0.137. The minimum atomic E-state index is -4.44. The molecule has 3 aromatic heterocycles. The number of halogens is 5. The summed E-state index contributed by atoms with van der Waals surface area (Å²) in [6.07, 6.45) is -1.68. The van der Waals surface area contributed by atoms with E-state index in [1.54, 1.807) is 30.5 Å². The van der Waals surface area contributed by atoms with E-state index in [9.17, 15) is 22.0 Å². The molecule has 1 aromatic carbocycles. The molecule has 6 nitrogen and oxygen atoms in total. The molecular weight excluding hydrogens is 493 g/mol. The first-order valence-electron chi connectivity index (χ1n) is 11.6. The van der Waals surface area contributed by atoms with Crippen molar-refractivity contribution in [1.29, 1.82) is 0 Å². The average molecular weight is 515 g/mol. The van der Waals surface area contributed by atoms with Crippen LogP contribution in [0.25, 0.3) is 17.1 Å². The van der Waals surface area contributed by atoms with Gasteiger partial charge in [0.25, 0.3) is 0 Å². The zero-order valence-corrected chi connectivity index (χ0v) is 19.7. The smallest absolute Gasteiger partial charge is 0.417 e. The van der Waals surface area contributed by atoms with Gasteiger partial charge in [0, 0.05) is 55.5 Å². The van der Waals surface area contributed by atoms with Crippen LogP contribution in [0.15, 0.2) is 67.0 Å². The van der Waals surface area contributed by atoms with E-state index in [1.807, 2.05) is 11.8 Å². The molecule has 4 heterocycles. The van der Waals surface area contributed by atoms with Crippen molar-refractivity contribution in [2.24, 2.45) is 5.92 Å². The third kappa shape index (κ3) is 5.40. The van der Waals surface area contributed by atoms with E-state index in [0.29, 0.717) is 42.7 Å². The molecule has 0 N–H and O–H groups in total. The van der Waals surface area contributed by atoms with Crippen LogP contribution in [-0.2, 0) is 6.18 Å². The molecule has 192 valence electrons. The summed E-state index contributed by atoms with van der Waals surface area (Å²) in [6, 6.07) is 12.5. The fourth-order valence-corrected chi connectivity index (χ4v) is 4.34. The van der Waals surface area contributed by atoms with Crippen LogP contribution in [0.5, 0.6) is 5.88 Å². The minimum absolute atomic E-state index is 0.0139. The van der Waals surface area contributed by atoms with E-state index in [-0.39, 0.29) is 17.6 Å². The van der Waals surface area contributed by atoms with Gasteiger partial charge in [0.1, 0.15) is 23.6 Å². The zero-order valence-electron chi connectivity index (χ0n) is 19.7. The molecule has 1 fully saturated rings. The molecule has 2 atom stereocenters. The van der Waals surface area contributed by atoms with Gasteiger partial charge in [-0.2, -0.15) is 23.0 Å². The van der Waals surface area contributed by atoms with Gasteiger partial charge < -0.3 is 9.64 Å². The maximum Gasteiger partial charge on any atom is 0.417 e. The Bertz CT molecular complexity index is 1350. The predicted octanol–water partition coefficient (Wildman–Crippen LogP) is 5.92. The first-order valence-corrected chi connectivity index (χ1v) is 11.6. The summed E-state index contributed by atoms with van der Waals surface area (Å²) in [7, 11) is 0. The van der Waals surface area contributed by atoms with Gasteiger partial charge in [0.15, 0.2) is 5.82 Å². The van der Waals surface area contributed by atoms with Gasteiger partial charge in [-0.15, -0.1) is 0 Å². The molecule has 0 saturated carbocycles. The number of ether oxygens (including phenoxy) is 1. The largest absolute Gasteiger partial charge is 0.474 e. The second-order valence-corrected chi connectivity index (χ2v) is 8.90. The average Bonchev–Trinajstić information content (AvgIpc) is 3.29. The van der Waals surface area contributed by atoms with E-state index in [4.69, 9.17) is 4.74 Å². The molecular formula is C26H22F5N5O. The monoisotopic (exact) mass is 515 g/mol. The summed E-state index contributed by atoms with van der Waals surface area (Å²) in [4.78, 5) is 10.2. The Kier molecular flexibility index (Phi) is 6.53. The number of benzene rings is 1. The highest BCUT2D eigenvalue weighted by atomic mass is 19.4. The van der Waals surface area contributed by atoms with Crippen molar-refractivity contribution in [3.05, 3.63) is 84.2 Å². The molecule has 0 bridgehead atoms. The van der Waals surface area contributed by atoms with Gasteiger partial charge in [0.2, 0.25) is 5.88 Å². The van der Waals surface area contributed by atoms with Gasteiger partial charge in [-0.1, -0.05) is 13.0 Å². The minimum Gasteiger partial charge on any atom is -0.474 e. The van der Waals surface area contributed by atoms with E-state index < -0.39 is 23.4 Å². The Hall–Kier alpha value is -4.02. The van der Waals surface area contributed by atoms with Crippen molar-refractivity contribution in [1.82, 2.24) is 19.7 Å². The summed E-state index contributed by atoms with van der Waals surface area (Å²) in [5.74, 6) is -0.159. The fraction of sp³-hybridized carbons (Fsp3) is 0.269. The van der Waals surface area contributed by atoms with Crippen molar-refractivity contribution in [2.75, 3.05) is 18.0 Å². The number of aromatic nitrogens is 4. The number of piperidine rings is 1. The first kappa shape index (κ1) is 24.7. The molecule has 1 aliphatic heterocycles. The highest BCUT2D eigenvalue weighted by molar-refractivity contribution is 5.61. The summed E-state index contributed by atoms with van der Waals surface area (Å²) in [5.41, 5.74) is -0.217. The number of hydrogen-bond donors (Lipinski definition) is 0. The topological polar surface area (TPSA) is 56.1 Å². The molecule has 5 rings (SSSR count). The molecule has 1 aliphatic rings. The zero-order chi connectivity index (χ0) is 26.2. The SMILES string of the molecule is C[C@H]1CN(c2ccc(C(F)(F)F)cn2)CC[C@@H]1Oc1cc(-c2cc(F)cc(F)c2)nn1-c1ccccn1. The van der Waals surface area contributed by atoms with E-state index in [0.717, 1.165) is 18.3 Å². The van der Waals surface area contributed by atoms with Crippen LogP contribution < -0.4 is 9.64 Å². The van der Waals surface area contributed by atoms with E-state index in [1.165, 1.54) is 22.9 Å². The van der Waals surface area contributed by atoms with Crippen LogP contribution in [0, 0.1) is 17.6 Å². The summed E-state index contributed by atoms with van der Waals surface area (Å²) in [5, 5.41) is 4.50. The van der Waals surface area contributed by atoms with Crippen molar-refractivity contribution in [3.8, 4) is 23.0 Å². The van der Waals surface area contributed by atoms with Crippen molar-refractivity contribution < 1.29 is 26.7 Å². The Morgan fingerprint density at radius 1 is 0.946 bits per heavy atom. The van der Waals surface area contributed by atoms with Gasteiger partial charge in [-0.05, 0) is 36.4 Å². The Morgan fingerprint density at radius 2 is 1.73 bits per heavy atom. The van der Waals surface area contributed by atoms with Crippen LogP contribution in [0.3, 0.4) is 0 Å². The lowest BCUT2D eigenvalue weighted by Crippen LogP contribution is -2.45. The van der Waals surface area contributed by atoms with E-state index >= 15 is 0 Å². The van der Waals surface area contributed by atoms with Crippen molar-refractivity contribution in [3.63, 3.8) is 0 Å². The fourth-order valence-electron chi connectivity index (χ4n) is 4.34. The van der Waals surface area contributed by atoms with Crippen LogP contribution >= 0.6 is 0 Å². The van der Waals surface area contributed by atoms with Crippen LogP contribution in [0.4, 0.5) is 27.8 Å². The highest BCUT2D eigenvalue weighted by Gasteiger charge is 2.32. The number of hydrogen-bond acceptors (Lipinski definition) is 5. The summed E-state index contributed by atoms with van der Waals surface area (Å²) >= 11 is 0. The number of alkyl halides is 3. The number of nitrogens with zero attached hydrogens (tertiary/aromatic N) is 5. The van der Waals surface area contributed by atoms with Gasteiger partial charge >= 0.3 is 6.18 Å². The number of pyridine rings is 2. The molecule has 0 spiro atoms. The number of rotatable bonds is 5. The van der Waals surface area contributed by atoms with Gasteiger partial charge in [0.05, 0.1) is 11.3 Å². The third-order valence-electron chi connectivity index (χ3n) is 6.20. The standard InChI is InChI=1S/C26H22F5N5O/c1-16-15-35(23-6-5-18(14-33-23)26(29,30)31)9-7-22(16)37-25-13-21(17-10-19(27)12-20(28)11-17)34-36(25)24-4-2-3-8-32-24/h2-6,8,10-14,16,22H,7,9,15H2,1H3/t16-,22-/m0/s1. The molecule has 0 aliphatic carbocycles. The van der Waals surface area contributed by atoms with E-state index in [2.05, 4.69) is 15.1 Å². The predicted molar refractivity (Wildman–Crippen MR) is 126 cm³/mol. The van der Waals surface area contributed by atoms with Gasteiger partial charge in [-0.25, -0.2) is 18.7 Å². The maximum absolute atomic E-state index is 13.8. The Labute approximate surface area is 209 Å². The molecule has 37 heavy (non-hydrogen) atoms. The maximum atomic E-state index is 13.8. The molecule has 4 aromatic rings. The van der Waals surface area contributed by atoms with Crippen LogP contribution in [0.2, 0.25) is 0 Å². The lowest BCUT2D eigenvalue weighted by atomic mass is 9.96. The Morgan fingerprint density at radius 3 is 2.35 bits per heavy atom. The molecule has 0 amide bonds. The molecule has 0 radical (unpaired) electrons. The second-order valence-electron chi connectivity index (χ2n) is 8.90. The normalized spacial score (nSPS) is 18.2. The van der Waals surface area contributed by atoms with Crippen LogP contribution in [-0.4, -0.2) is 38.9 Å². The summed E-state index contributed by atoms with van der Waals surface area (Å²) in [6.45, 7) is 3.01. The van der Waals surface area contributed by atoms with Crippen molar-refractivity contribution in [2.45, 2.75) is 25.6 Å². The second kappa shape index (κ2) is 9.79. The lowest BCUT2D eigenvalue weighted by Gasteiger charge is -2.37. The third-order valence-corrected chi connectivity index (χ3v) is 6.20. The Balaban J connectivity index is 1.37. The molecule has 1 saturated heterocycles. The quantitative estimate of drug-likeness (QED) is 0.309. The molecule has 11 heteroatoms.